The van der Waals surface area contributed by atoms with Crippen molar-refractivity contribution in [1.29, 1.82) is 0 Å². The second-order valence-electron chi connectivity index (χ2n) is 5.00. The molecule has 1 saturated carbocycles. The lowest BCUT2D eigenvalue weighted by Crippen LogP contribution is -2.33. The van der Waals surface area contributed by atoms with E-state index in [1.54, 1.807) is 0 Å². The first kappa shape index (κ1) is 13.9. The third-order valence-corrected chi connectivity index (χ3v) is 3.50. The number of hydrogen-bond donors (Lipinski definition) is 2. The Bertz CT molecular complexity index is 465. The fourth-order valence-corrected chi connectivity index (χ4v) is 2.46. The average molecular weight is 269 g/mol. The maximum Gasteiger partial charge on any atom is 0.254 e. The summed E-state index contributed by atoms with van der Waals surface area (Å²) >= 11 is 0. The Balaban J connectivity index is 1.92. The third-order valence-electron chi connectivity index (χ3n) is 3.50. The minimum absolute atomic E-state index is 0.198. The third kappa shape index (κ3) is 3.50. The van der Waals surface area contributed by atoms with Crippen molar-refractivity contribution >= 4 is 5.91 Å². The number of rotatable bonds is 3. The standard InChI is InChI=1S/C14H17F2NO2/c15-12-6-2-5-11(13(12)16)14(19)17-8-9-3-1-4-10(18)7-9/h2,5-6,9-10,18H,1,3-4,7-8H2,(H,17,19). The number of amides is 1. The zero-order valence-corrected chi connectivity index (χ0v) is 10.5. The molecule has 1 amide bonds. The molecule has 2 rings (SSSR count). The molecule has 2 atom stereocenters. The fraction of sp³-hybridized carbons (Fsp3) is 0.500. The van der Waals surface area contributed by atoms with Crippen molar-refractivity contribution in [3.05, 3.63) is 35.4 Å². The number of carbonyl (C=O) groups is 1. The van der Waals surface area contributed by atoms with Crippen LogP contribution in [0.2, 0.25) is 0 Å². The summed E-state index contributed by atoms with van der Waals surface area (Å²) in [6, 6.07) is 3.53. The van der Waals surface area contributed by atoms with Gasteiger partial charge in [-0.1, -0.05) is 12.5 Å². The zero-order valence-electron chi connectivity index (χ0n) is 10.5. The normalized spacial score (nSPS) is 23.1. The number of hydrogen-bond acceptors (Lipinski definition) is 2. The summed E-state index contributed by atoms with van der Waals surface area (Å²) in [5.74, 6) is -2.56. The van der Waals surface area contributed by atoms with E-state index >= 15 is 0 Å². The van der Waals surface area contributed by atoms with Crippen LogP contribution in [0.15, 0.2) is 18.2 Å². The molecule has 1 aliphatic carbocycles. The summed E-state index contributed by atoms with van der Waals surface area (Å²) in [4.78, 5) is 11.8. The van der Waals surface area contributed by atoms with Crippen molar-refractivity contribution in [3.8, 4) is 0 Å². The molecule has 104 valence electrons. The van der Waals surface area contributed by atoms with Gasteiger partial charge in [0.15, 0.2) is 11.6 Å². The van der Waals surface area contributed by atoms with E-state index in [0.29, 0.717) is 13.0 Å². The summed E-state index contributed by atoms with van der Waals surface area (Å²) in [7, 11) is 0. The molecule has 0 saturated heterocycles. The van der Waals surface area contributed by atoms with Crippen LogP contribution in [0.1, 0.15) is 36.0 Å². The van der Waals surface area contributed by atoms with Gasteiger partial charge < -0.3 is 10.4 Å². The van der Waals surface area contributed by atoms with Crippen molar-refractivity contribution < 1.29 is 18.7 Å². The SMILES string of the molecule is O=C(NCC1CCCC(O)C1)c1cccc(F)c1F. The molecule has 0 spiro atoms. The molecule has 3 nitrogen and oxygen atoms in total. The molecule has 1 aromatic carbocycles. The molecule has 0 aromatic heterocycles. The van der Waals surface area contributed by atoms with Gasteiger partial charge >= 0.3 is 0 Å². The van der Waals surface area contributed by atoms with E-state index in [4.69, 9.17) is 0 Å². The highest BCUT2D eigenvalue weighted by Crippen LogP contribution is 2.23. The first-order valence-corrected chi connectivity index (χ1v) is 6.48. The van der Waals surface area contributed by atoms with Gasteiger partial charge in [-0.3, -0.25) is 4.79 Å². The Morgan fingerprint density at radius 2 is 2.16 bits per heavy atom. The number of benzene rings is 1. The predicted molar refractivity (Wildman–Crippen MR) is 66.7 cm³/mol. The summed E-state index contributed by atoms with van der Waals surface area (Å²) in [6.07, 6.45) is 2.98. The Morgan fingerprint density at radius 3 is 2.89 bits per heavy atom. The van der Waals surface area contributed by atoms with Gasteiger partial charge in [0.2, 0.25) is 0 Å². The van der Waals surface area contributed by atoms with Crippen molar-refractivity contribution in [2.24, 2.45) is 5.92 Å². The van der Waals surface area contributed by atoms with Crippen molar-refractivity contribution in [2.75, 3.05) is 6.54 Å². The van der Waals surface area contributed by atoms with Crippen LogP contribution < -0.4 is 5.32 Å². The number of aliphatic hydroxyl groups excluding tert-OH is 1. The van der Waals surface area contributed by atoms with Gasteiger partial charge in [0.25, 0.3) is 5.91 Å². The Kier molecular flexibility index (Phi) is 4.47. The van der Waals surface area contributed by atoms with E-state index in [1.807, 2.05) is 0 Å². The minimum Gasteiger partial charge on any atom is -0.393 e. The first-order chi connectivity index (χ1) is 9.08. The summed E-state index contributed by atoms with van der Waals surface area (Å²) in [6.45, 7) is 0.381. The highest BCUT2D eigenvalue weighted by Gasteiger charge is 2.21. The number of carbonyl (C=O) groups excluding carboxylic acids is 1. The molecule has 0 aliphatic heterocycles. The van der Waals surface area contributed by atoms with Crippen molar-refractivity contribution in [3.63, 3.8) is 0 Å². The van der Waals surface area contributed by atoms with Crippen LogP contribution >= 0.6 is 0 Å². The lowest BCUT2D eigenvalue weighted by molar-refractivity contribution is 0.0870. The largest absolute Gasteiger partial charge is 0.393 e. The molecule has 1 aliphatic rings. The topological polar surface area (TPSA) is 49.3 Å². The molecular formula is C14H17F2NO2. The lowest BCUT2D eigenvalue weighted by Gasteiger charge is -2.25. The molecule has 0 heterocycles. The van der Waals surface area contributed by atoms with Crippen molar-refractivity contribution in [1.82, 2.24) is 5.32 Å². The average Bonchev–Trinajstić information content (AvgIpc) is 2.39. The van der Waals surface area contributed by atoms with Crippen LogP contribution in [0, 0.1) is 17.6 Å². The molecule has 0 radical (unpaired) electrons. The highest BCUT2D eigenvalue weighted by molar-refractivity contribution is 5.94. The van der Waals surface area contributed by atoms with E-state index in [2.05, 4.69) is 5.32 Å². The predicted octanol–water partition coefficient (Wildman–Crippen LogP) is 2.25. The van der Waals surface area contributed by atoms with E-state index in [9.17, 15) is 18.7 Å². The monoisotopic (exact) mass is 269 g/mol. The van der Waals surface area contributed by atoms with E-state index < -0.39 is 17.5 Å². The van der Waals surface area contributed by atoms with E-state index in [-0.39, 0.29) is 17.6 Å². The number of aliphatic hydroxyl groups is 1. The van der Waals surface area contributed by atoms with E-state index in [1.165, 1.54) is 12.1 Å². The van der Waals surface area contributed by atoms with Crippen LogP contribution in [0.4, 0.5) is 8.78 Å². The smallest absolute Gasteiger partial charge is 0.254 e. The van der Waals surface area contributed by atoms with E-state index in [0.717, 1.165) is 25.3 Å². The molecule has 19 heavy (non-hydrogen) atoms. The summed E-state index contributed by atoms with van der Waals surface area (Å²) in [5, 5.41) is 12.1. The quantitative estimate of drug-likeness (QED) is 0.884. The highest BCUT2D eigenvalue weighted by atomic mass is 19.2. The van der Waals surface area contributed by atoms with Gasteiger partial charge in [-0.05, 0) is 37.3 Å². The first-order valence-electron chi connectivity index (χ1n) is 6.48. The minimum atomic E-state index is -1.12. The molecule has 5 heteroatoms. The second-order valence-corrected chi connectivity index (χ2v) is 5.00. The molecular weight excluding hydrogens is 252 g/mol. The van der Waals surface area contributed by atoms with Gasteiger partial charge in [0, 0.05) is 6.54 Å². The van der Waals surface area contributed by atoms with Crippen LogP contribution in [-0.4, -0.2) is 23.7 Å². The van der Waals surface area contributed by atoms with Gasteiger partial charge in [-0.2, -0.15) is 0 Å². The van der Waals surface area contributed by atoms with Gasteiger partial charge in [-0.25, -0.2) is 8.78 Å². The Morgan fingerprint density at radius 1 is 1.37 bits per heavy atom. The van der Waals surface area contributed by atoms with Crippen LogP contribution in [0.5, 0.6) is 0 Å². The lowest BCUT2D eigenvalue weighted by atomic mass is 9.87. The fourth-order valence-electron chi connectivity index (χ4n) is 2.46. The maximum atomic E-state index is 13.4. The van der Waals surface area contributed by atoms with Crippen molar-refractivity contribution in [2.45, 2.75) is 31.8 Å². The molecule has 0 bridgehead atoms. The zero-order chi connectivity index (χ0) is 13.8. The van der Waals surface area contributed by atoms with Gasteiger partial charge in [-0.15, -0.1) is 0 Å². The Labute approximate surface area is 110 Å². The maximum absolute atomic E-state index is 13.4. The number of nitrogens with one attached hydrogen (secondary N) is 1. The van der Waals surface area contributed by atoms with Crippen LogP contribution in [0.25, 0.3) is 0 Å². The molecule has 2 N–H and O–H groups in total. The Hall–Kier alpha value is -1.49. The number of halogens is 2. The van der Waals surface area contributed by atoms with Crippen LogP contribution in [0.3, 0.4) is 0 Å². The summed E-state index contributed by atoms with van der Waals surface area (Å²) in [5.41, 5.74) is -0.281. The molecule has 1 aromatic rings. The molecule has 1 fully saturated rings. The summed E-state index contributed by atoms with van der Waals surface area (Å²) < 4.78 is 26.4. The second kappa shape index (κ2) is 6.10. The van der Waals surface area contributed by atoms with Gasteiger partial charge in [0.1, 0.15) is 0 Å². The van der Waals surface area contributed by atoms with Crippen LogP contribution in [-0.2, 0) is 0 Å². The van der Waals surface area contributed by atoms with Gasteiger partial charge in [0.05, 0.1) is 11.7 Å². The molecule has 2 unspecified atom stereocenters.